The number of hydrogen-bond acceptors (Lipinski definition) is 3. The second-order valence-corrected chi connectivity index (χ2v) is 6.19. The van der Waals surface area contributed by atoms with Gasteiger partial charge in [0, 0.05) is 10.9 Å². The number of ether oxygens (including phenoxy) is 1. The summed E-state index contributed by atoms with van der Waals surface area (Å²) in [6, 6.07) is 14.2. The Morgan fingerprint density at radius 2 is 1.95 bits per heavy atom. The largest absolute Gasteiger partial charge is 0.496 e. The summed E-state index contributed by atoms with van der Waals surface area (Å²) in [6.45, 7) is 1.99. The molecule has 0 spiro atoms. The topological polar surface area (TPSA) is 35.2 Å². The van der Waals surface area contributed by atoms with Gasteiger partial charge in [-0.2, -0.15) is 0 Å². The van der Waals surface area contributed by atoms with Crippen molar-refractivity contribution in [2.45, 2.75) is 29.2 Å². The van der Waals surface area contributed by atoms with E-state index in [9.17, 15) is 0 Å². The van der Waals surface area contributed by atoms with Crippen LogP contribution in [0.5, 0.6) is 5.75 Å². The van der Waals surface area contributed by atoms with Crippen LogP contribution in [0.15, 0.2) is 52.3 Å². The number of rotatable bonds is 5. The van der Waals surface area contributed by atoms with Gasteiger partial charge in [-0.05, 0) is 43.2 Å². The molecular weight excluding hydrogens is 290 g/mol. The van der Waals surface area contributed by atoms with E-state index in [0.717, 1.165) is 32.5 Å². The van der Waals surface area contributed by atoms with Gasteiger partial charge in [0.1, 0.15) is 5.75 Å². The number of halogens is 1. The molecule has 0 heterocycles. The molecule has 0 aliphatic heterocycles. The molecule has 2 aromatic carbocycles. The average Bonchev–Trinajstić information content (AvgIpc) is 2.42. The third kappa shape index (κ3) is 3.92. The lowest BCUT2D eigenvalue weighted by atomic mass is 10.1. The van der Waals surface area contributed by atoms with E-state index in [2.05, 4.69) is 6.07 Å². The number of nitrogens with two attached hydrogens (primary N) is 1. The Bertz CT molecular complexity index is 586. The van der Waals surface area contributed by atoms with Gasteiger partial charge in [-0.3, -0.25) is 0 Å². The SMILES string of the molecule is COc1ccccc1Sc1ccc(CC(C)N)cc1Cl. The summed E-state index contributed by atoms with van der Waals surface area (Å²) in [5, 5.41) is 0.749. The van der Waals surface area contributed by atoms with Gasteiger partial charge < -0.3 is 10.5 Å². The molecule has 0 aliphatic carbocycles. The number of methoxy groups -OCH3 is 1. The minimum absolute atomic E-state index is 0.138. The molecule has 4 heteroatoms. The first-order valence-corrected chi connectivity index (χ1v) is 7.64. The second-order valence-electron chi connectivity index (χ2n) is 4.70. The number of benzene rings is 2. The summed E-state index contributed by atoms with van der Waals surface area (Å²) in [5.74, 6) is 0.855. The first kappa shape index (κ1) is 15.2. The fourth-order valence-electron chi connectivity index (χ4n) is 1.95. The smallest absolute Gasteiger partial charge is 0.132 e. The van der Waals surface area contributed by atoms with Crippen LogP contribution in [0.2, 0.25) is 5.02 Å². The van der Waals surface area contributed by atoms with Crippen molar-refractivity contribution in [2.24, 2.45) is 5.73 Å². The Kier molecular flexibility index (Phi) is 5.35. The van der Waals surface area contributed by atoms with Crippen LogP contribution in [0.4, 0.5) is 0 Å². The zero-order valence-corrected chi connectivity index (χ0v) is 13.2. The van der Waals surface area contributed by atoms with Crippen molar-refractivity contribution in [3.8, 4) is 5.75 Å². The van der Waals surface area contributed by atoms with Gasteiger partial charge in [0.15, 0.2) is 0 Å². The van der Waals surface area contributed by atoms with E-state index in [1.165, 1.54) is 0 Å². The van der Waals surface area contributed by atoms with Crippen LogP contribution in [0.1, 0.15) is 12.5 Å². The second kappa shape index (κ2) is 7.02. The number of hydrogen-bond donors (Lipinski definition) is 1. The molecule has 0 saturated heterocycles. The van der Waals surface area contributed by atoms with E-state index in [0.29, 0.717) is 0 Å². The lowest BCUT2D eigenvalue weighted by molar-refractivity contribution is 0.405. The molecule has 2 rings (SSSR count). The average molecular weight is 308 g/mol. The predicted molar refractivity (Wildman–Crippen MR) is 85.9 cm³/mol. The summed E-state index contributed by atoms with van der Waals surface area (Å²) < 4.78 is 5.35. The van der Waals surface area contributed by atoms with E-state index in [1.54, 1.807) is 18.9 Å². The van der Waals surface area contributed by atoms with E-state index in [4.69, 9.17) is 22.1 Å². The van der Waals surface area contributed by atoms with Crippen LogP contribution in [0, 0.1) is 0 Å². The molecule has 0 amide bonds. The Morgan fingerprint density at radius 1 is 1.20 bits per heavy atom. The van der Waals surface area contributed by atoms with Crippen molar-refractivity contribution >= 4 is 23.4 Å². The van der Waals surface area contributed by atoms with Crippen LogP contribution >= 0.6 is 23.4 Å². The van der Waals surface area contributed by atoms with Crippen molar-refractivity contribution in [1.29, 1.82) is 0 Å². The summed E-state index contributed by atoms with van der Waals surface area (Å²) in [4.78, 5) is 2.07. The highest BCUT2D eigenvalue weighted by atomic mass is 35.5. The molecule has 1 unspecified atom stereocenters. The molecule has 0 aromatic heterocycles. The molecule has 0 saturated carbocycles. The van der Waals surface area contributed by atoms with Crippen LogP contribution in [-0.2, 0) is 6.42 Å². The van der Waals surface area contributed by atoms with E-state index in [1.807, 2.05) is 43.3 Å². The van der Waals surface area contributed by atoms with E-state index in [-0.39, 0.29) is 6.04 Å². The molecular formula is C16H18ClNOS. The first-order valence-electron chi connectivity index (χ1n) is 6.45. The fourth-order valence-corrected chi connectivity index (χ4v) is 3.19. The molecule has 0 bridgehead atoms. The quantitative estimate of drug-likeness (QED) is 0.890. The maximum Gasteiger partial charge on any atom is 0.132 e. The van der Waals surface area contributed by atoms with Gasteiger partial charge >= 0.3 is 0 Å². The summed E-state index contributed by atoms with van der Waals surface area (Å²) >= 11 is 7.96. The summed E-state index contributed by atoms with van der Waals surface area (Å²) in [5.41, 5.74) is 6.97. The fraction of sp³-hybridized carbons (Fsp3) is 0.250. The van der Waals surface area contributed by atoms with Crippen LogP contribution in [0.25, 0.3) is 0 Å². The maximum absolute atomic E-state index is 6.36. The third-order valence-corrected chi connectivity index (χ3v) is 4.40. The lowest BCUT2D eigenvalue weighted by Gasteiger charge is -2.11. The molecule has 106 valence electrons. The summed E-state index contributed by atoms with van der Waals surface area (Å²) in [7, 11) is 1.67. The van der Waals surface area contributed by atoms with E-state index < -0.39 is 0 Å². The molecule has 20 heavy (non-hydrogen) atoms. The molecule has 1 atom stereocenters. The van der Waals surface area contributed by atoms with Crippen molar-refractivity contribution in [2.75, 3.05) is 7.11 Å². The van der Waals surface area contributed by atoms with Gasteiger partial charge in [0.2, 0.25) is 0 Å². The standard InChI is InChI=1S/C16H18ClNOS/c1-11(18)9-12-7-8-15(13(17)10-12)20-16-6-4-3-5-14(16)19-2/h3-8,10-11H,9,18H2,1-2H3. The van der Waals surface area contributed by atoms with Crippen molar-refractivity contribution < 1.29 is 4.74 Å². The zero-order chi connectivity index (χ0) is 14.5. The molecule has 0 radical (unpaired) electrons. The van der Waals surface area contributed by atoms with Gasteiger partial charge in [-0.25, -0.2) is 0 Å². The maximum atomic E-state index is 6.36. The van der Waals surface area contributed by atoms with Gasteiger partial charge in [0.25, 0.3) is 0 Å². The van der Waals surface area contributed by atoms with Gasteiger partial charge in [-0.15, -0.1) is 0 Å². The normalized spacial score (nSPS) is 12.2. The molecule has 2 aromatic rings. The van der Waals surface area contributed by atoms with Crippen molar-refractivity contribution in [3.05, 3.63) is 53.1 Å². The molecule has 2 nitrogen and oxygen atoms in total. The van der Waals surface area contributed by atoms with Gasteiger partial charge in [0.05, 0.1) is 17.0 Å². The predicted octanol–water partition coefficient (Wildman–Crippen LogP) is 4.39. The Labute approximate surface area is 129 Å². The van der Waals surface area contributed by atoms with Crippen molar-refractivity contribution in [1.82, 2.24) is 0 Å². The zero-order valence-electron chi connectivity index (χ0n) is 11.6. The highest BCUT2D eigenvalue weighted by molar-refractivity contribution is 7.99. The third-order valence-electron chi connectivity index (χ3n) is 2.84. The van der Waals surface area contributed by atoms with Crippen LogP contribution in [-0.4, -0.2) is 13.2 Å². The molecule has 2 N–H and O–H groups in total. The van der Waals surface area contributed by atoms with Crippen LogP contribution < -0.4 is 10.5 Å². The van der Waals surface area contributed by atoms with E-state index >= 15 is 0 Å². The Morgan fingerprint density at radius 3 is 2.60 bits per heavy atom. The molecule has 0 aliphatic rings. The highest BCUT2D eigenvalue weighted by Gasteiger charge is 2.08. The van der Waals surface area contributed by atoms with Gasteiger partial charge in [-0.1, -0.05) is 41.6 Å². The highest BCUT2D eigenvalue weighted by Crippen LogP contribution is 2.38. The Balaban J connectivity index is 2.21. The monoisotopic (exact) mass is 307 g/mol. The minimum Gasteiger partial charge on any atom is -0.496 e. The lowest BCUT2D eigenvalue weighted by Crippen LogP contribution is -2.17. The molecule has 0 fully saturated rings. The number of para-hydroxylation sites is 1. The minimum atomic E-state index is 0.138. The first-order chi connectivity index (χ1) is 9.60. The van der Waals surface area contributed by atoms with Crippen molar-refractivity contribution in [3.63, 3.8) is 0 Å². The van der Waals surface area contributed by atoms with Crippen LogP contribution in [0.3, 0.4) is 0 Å². The Hall–Kier alpha value is -1.16. The summed E-state index contributed by atoms with van der Waals surface area (Å²) in [6.07, 6.45) is 0.833.